The van der Waals surface area contributed by atoms with Crippen LogP contribution < -0.4 is 0 Å². The van der Waals surface area contributed by atoms with Crippen molar-refractivity contribution in [3.63, 3.8) is 0 Å². The first-order valence-corrected chi connectivity index (χ1v) is 7.60. The van der Waals surface area contributed by atoms with Crippen LogP contribution in [-0.4, -0.2) is 4.98 Å². The Morgan fingerprint density at radius 2 is 1.95 bits per heavy atom. The lowest BCUT2D eigenvalue weighted by molar-refractivity contribution is -0.0231. The molecule has 1 aromatic carbocycles. The maximum Gasteiger partial charge on any atom is 0.0704 e. The zero-order chi connectivity index (χ0) is 13.0. The van der Waals surface area contributed by atoms with Gasteiger partial charge in [-0.1, -0.05) is 19.9 Å². The van der Waals surface area contributed by atoms with Crippen molar-refractivity contribution in [3.05, 3.63) is 41.6 Å². The van der Waals surface area contributed by atoms with Crippen LogP contribution >= 0.6 is 0 Å². The highest BCUT2D eigenvalue weighted by Crippen LogP contribution is 2.63. The Balaban J connectivity index is 1.77. The van der Waals surface area contributed by atoms with Gasteiger partial charge in [0.05, 0.1) is 5.52 Å². The van der Waals surface area contributed by atoms with Crippen LogP contribution in [0.3, 0.4) is 0 Å². The molecule has 2 bridgehead atoms. The number of nitrogens with zero attached hydrogens (tertiary/aromatic N) is 1. The monoisotopic (exact) mass is 251 g/mol. The van der Waals surface area contributed by atoms with E-state index in [4.69, 9.17) is 0 Å². The Bertz CT molecular complexity index is 615. The van der Waals surface area contributed by atoms with E-state index in [1.54, 1.807) is 5.56 Å². The molecule has 1 nitrogen and oxygen atoms in total. The number of rotatable bonds is 3. The van der Waals surface area contributed by atoms with Crippen molar-refractivity contribution >= 4 is 10.9 Å². The first-order chi connectivity index (χ1) is 9.22. The Kier molecular flexibility index (Phi) is 2.45. The summed E-state index contributed by atoms with van der Waals surface area (Å²) >= 11 is 0. The van der Waals surface area contributed by atoms with Gasteiger partial charge in [0, 0.05) is 11.6 Å². The molecule has 3 aliphatic carbocycles. The summed E-state index contributed by atoms with van der Waals surface area (Å²) < 4.78 is 0. The van der Waals surface area contributed by atoms with Crippen LogP contribution in [0.25, 0.3) is 10.9 Å². The molecule has 0 N–H and O–H groups in total. The van der Waals surface area contributed by atoms with Crippen LogP contribution in [0.1, 0.15) is 43.7 Å². The maximum atomic E-state index is 4.52. The van der Waals surface area contributed by atoms with Gasteiger partial charge >= 0.3 is 0 Å². The van der Waals surface area contributed by atoms with E-state index in [2.05, 4.69) is 43.1 Å². The fourth-order valence-corrected chi connectivity index (χ4v) is 3.88. The number of hydrogen-bond acceptors (Lipinski definition) is 1. The second-order valence-corrected chi connectivity index (χ2v) is 6.86. The van der Waals surface area contributed by atoms with Gasteiger partial charge in [-0.3, -0.25) is 4.98 Å². The van der Waals surface area contributed by atoms with E-state index in [0.29, 0.717) is 5.92 Å². The lowest BCUT2D eigenvalue weighted by atomic mass is 9.46. The number of pyridine rings is 1. The molecule has 0 spiro atoms. The summed E-state index contributed by atoms with van der Waals surface area (Å²) in [6.07, 6.45) is 6.07. The third-order valence-electron chi connectivity index (χ3n) is 5.10. The minimum absolute atomic E-state index is 0.700. The van der Waals surface area contributed by atoms with Crippen LogP contribution in [0.5, 0.6) is 0 Å². The first kappa shape index (κ1) is 11.5. The van der Waals surface area contributed by atoms with E-state index in [1.807, 2.05) is 6.20 Å². The van der Waals surface area contributed by atoms with Gasteiger partial charge in [0.15, 0.2) is 0 Å². The molecule has 3 aliphatic rings. The molecule has 1 heterocycles. The fraction of sp³-hybridized carbons (Fsp3) is 0.500. The van der Waals surface area contributed by atoms with Gasteiger partial charge in [-0.15, -0.1) is 0 Å². The molecule has 0 unspecified atom stereocenters. The maximum absolute atomic E-state index is 4.52. The van der Waals surface area contributed by atoms with Gasteiger partial charge < -0.3 is 0 Å². The number of hydrogen-bond donors (Lipinski definition) is 0. The van der Waals surface area contributed by atoms with Crippen molar-refractivity contribution < 1.29 is 0 Å². The quantitative estimate of drug-likeness (QED) is 0.779. The molecule has 5 rings (SSSR count). The highest BCUT2D eigenvalue weighted by atomic mass is 14.6. The molecule has 0 saturated heterocycles. The molecule has 0 atom stereocenters. The number of aromatic nitrogens is 1. The van der Waals surface area contributed by atoms with E-state index in [-0.39, 0.29) is 0 Å². The van der Waals surface area contributed by atoms with Gasteiger partial charge in [-0.05, 0) is 72.3 Å². The third-order valence-corrected chi connectivity index (χ3v) is 5.10. The largest absolute Gasteiger partial charge is 0.256 e. The predicted octanol–water partition coefficient (Wildman–Crippen LogP) is 4.56. The second kappa shape index (κ2) is 4.06. The van der Waals surface area contributed by atoms with Crippen LogP contribution in [0.4, 0.5) is 0 Å². The molecule has 3 fully saturated rings. The molecule has 19 heavy (non-hydrogen) atoms. The highest BCUT2D eigenvalue weighted by Gasteiger charge is 2.52. The minimum Gasteiger partial charge on any atom is -0.256 e. The zero-order valence-corrected chi connectivity index (χ0v) is 11.8. The topological polar surface area (TPSA) is 12.9 Å². The Morgan fingerprint density at radius 3 is 2.58 bits per heavy atom. The third kappa shape index (κ3) is 1.71. The van der Waals surface area contributed by atoms with Crippen molar-refractivity contribution in [3.8, 4) is 0 Å². The van der Waals surface area contributed by atoms with Crippen LogP contribution in [0.2, 0.25) is 0 Å². The lowest BCUT2D eigenvalue weighted by Crippen LogP contribution is -2.48. The average Bonchev–Trinajstić information content (AvgIpc) is 2.25. The normalized spacial score (nSPS) is 28.3. The molecule has 0 radical (unpaired) electrons. The molecule has 98 valence electrons. The standard InChI is InChI=1S/C18H21N/c1-11(2)7-12-5-6-19-17-4-3-13(10-16(12)17)18-14-8-15(18)9-14/h3-6,10-11,14-15,18H,7-9H2,1-2H3. The molecular formula is C18H21N. The minimum atomic E-state index is 0.700. The summed E-state index contributed by atoms with van der Waals surface area (Å²) in [5.74, 6) is 3.56. The molecule has 3 saturated carbocycles. The lowest BCUT2D eigenvalue weighted by Gasteiger charge is -2.58. The van der Waals surface area contributed by atoms with Gasteiger partial charge in [-0.25, -0.2) is 0 Å². The first-order valence-electron chi connectivity index (χ1n) is 7.60. The van der Waals surface area contributed by atoms with E-state index >= 15 is 0 Å². The van der Waals surface area contributed by atoms with Crippen molar-refractivity contribution in [1.29, 1.82) is 0 Å². The van der Waals surface area contributed by atoms with E-state index in [9.17, 15) is 0 Å². The van der Waals surface area contributed by atoms with Crippen molar-refractivity contribution in [2.45, 2.75) is 39.0 Å². The average molecular weight is 251 g/mol. The summed E-state index contributed by atoms with van der Waals surface area (Å²) in [7, 11) is 0. The molecule has 1 aromatic heterocycles. The Morgan fingerprint density at radius 1 is 1.16 bits per heavy atom. The van der Waals surface area contributed by atoms with Crippen LogP contribution in [-0.2, 0) is 6.42 Å². The van der Waals surface area contributed by atoms with Crippen molar-refractivity contribution in [2.24, 2.45) is 17.8 Å². The summed E-state index contributed by atoms with van der Waals surface area (Å²) in [5.41, 5.74) is 4.20. The summed E-state index contributed by atoms with van der Waals surface area (Å²) in [6.45, 7) is 4.58. The van der Waals surface area contributed by atoms with Crippen molar-refractivity contribution in [2.75, 3.05) is 0 Å². The molecule has 1 heteroatoms. The van der Waals surface area contributed by atoms with Crippen molar-refractivity contribution in [1.82, 2.24) is 4.98 Å². The van der Waals surface area contributed by atoms with Gasteiger partial charge in [0.25, 0.3) is 0 Å². The van der Waals surface area contributed by atoms with Crippen LogP contribution in [0.15, 0.2) is 30.5 Å². The zero-order valence-electron chi connectivity index (χ0n) is 11.8. The highest BCUT2D eigenvalue weighted by molar-refractivity contribution is 5.83. The smallest absolute Gasteiger partial charge is 0.0704 e. The second-order valence-electron chi connectivity index (χ2n) is 6.86. The van der Waals surface area contributed by atoms with Gasteiger partial charge in [-0.2, -0.15) is 0 Å². The Labute approximate surface area is 115 Å². The number of benzene rings is 1. The molecule has 0 amide bonds. The Hall–Kier alpha value is -1.37. The summed E-state index contributed by atoms with van der Waals surface area (Å²) in [6, 6.07) is 9.18. The predicted molar refractivity (Wildman–Crippen MR) is 79.2 cm³/mol. The fourth-order valence-electron chi connectivity index (χ4n) is 3.88. The van der Waals surface area contributed by atoms with E-state index in [1.165, 1.54) is 23.8 Å². The van der Waals surface area contributed by atoms with Gasteiger partial charge in [0.1, 0.15) is 0 Å². The molecular weight excluding hydrogens is 230 g/mol. The SMILES string of the molecule is CC(C)Cc1ccnc2ccc(C3C4CC3C4)cc12. The number of fused-ring (bicyclic) bond motifs is 1. The van der Waals surface area contributed by atoms with Crippen LogP contribution in [0, 0.1) is 17.8 Å². The summed E-state index contributed by atoms with van der Waals surface area (Å²) in [5, 5.41) is 1.39. The summed E-state index contributed by atoms with van der Waals surface area (Å²) in [4.78, 5) is 4.52. The van der Waals surface area contributed by atoms with Gasteiger partial charge in [0.2, 0.25) is 0 Å². The van der Waals surface area contributed by atoms with E-state index in [0.717, 1.165) is 29.7 Å². The molecule has 2 aromatic rings. The van der Waals surface area contributed by atoms with E-state index < -0.39 is 0 Å². The molecule has 0 aliphatic heterocycles.